The van der Waals surface area contributed by atoms with E-state index in [1.165, 1.54) is 15.6 Å². The second-order valence-corrected chi connectivity index (χ2v) is 10.4. The van der Waals surface area contributed by atoms with E-state index in [1.54, 1.807) is 17.5 Å². The van der Waals surface area contributed by atoms with Crippen LogP contribution in [-0.4, -0.2) is 74.5 Å². The van der Waals surface area contributed by atoms with Gasteiger partial charge in [0, 0.05) is 32.7 Å². The average molecular weight is 416 g/mol. The molecular formula is C18H29N3O4S2. The number of ether oxygens (including phenoxy) is 1. The molecule has 3 rings (SSSR count). The molecule has 152 valence electrons. The lowest BCUT2D eigenvalue weighted by molar-refractivity contribution is -0.124. The summed E-state index contributed by atoms with van der Waals surface area (Å²) in [5.41, 5.74) is 0. The highest BCUT2D eigenvalue weighted by Crippen LogP contribution is 2.28. The molecule has 1 amide bonds. The highest BCUT2D eigenvalue weighted by atomic mass is 32.2. The van der Waals surface area contributed by atoms with Crippen LogP contribution in [0.2, 0.25) is 0 Å². The van der Waals surface area contributed by atoms with Crippen molar-refractivity contribution >= 4 is 27.3 Å². The Balaban J connectivity index is 1.47. The first-order valence-electron chi connectivity index (χ1n) is 9.59. The first-order chi connectivity index (χ1) is 12.9. The maximum Gasteiger partial charge on any atom is 0.253 e. The van der Waals surface area contributed by atoms with Crippen LogP contribution in [0.25, 0.3) is 0 Å². The van der Waals surface area contributed by atoms with Crippen LogP contribution in [0.5, 0.6) is 0 Å². The van der Waals surface area contributed by atoms with Crippen LogP contribution in [0.3, 0.4) is 0 Å². The zero-order valence-corrected chi connectivity index (χ0v) is 17.6. The quantitative estimate of drug-likeness (QED) is 0.683. The van der Waals surface area contributed by atoms with E-state index in [4.69, 9.17) is 4.74 Å². The molecule has 0 bridgehead atoms. The lowest BCUT2D eigenvalue weighted by Gasteiger charge is -2.35. The van der Waals surface area contributed by atoms with Crippen LogP contribution in [-0.2, 0) is 19.6 Å². The van der Waals surface area contributed by atoms with E-state index >= 15 is 0 Å². The average Bonchev–Trinajstić information content (AvgIpc) is 3.29. The Morgan fingerprint density at radius 2 is 2.07 bits per heavy atom. The maximum atomic E-state index is 12.7. The summed E-state index contributed by atoms with van der Waals surface area (Å²) in [7, 11) is -3.58. The van der Waals surface area contributed by atoms with Gasteiger partial charge in [-0.3, -0.25) is 9.69 Å². The van der Waals surface area contributed by atoms with Crippen LogP contribution in [0, 0.1) is 0 Å². The third-order valence-electron chi connectivity index (χ3n) is 5.01. The third kappa shape index (κ3) is 5.08. The van der Waals surface area contributed by atoms with Crippen molar-refractivity contribution in [3.8, 4) is 0 Å². The van der Waals surface area contributed by atoms with E-state index < -0.39 is 16.1 Å². The summed E-state index contributed by atoms with van der Waals surface area (Å²) >= 11 is 1.19. The first-order valence-corrected chi connectivity index (χ1v) is 11.9. The molecular weight excluding hydrogens is 386 g/mol. The Morgan fingerprint density at radius 1 is 1.33 bits per heavy atom. The number of hydrogen-bond acceptors (Lipinski definition) is 6. The van der Waals surface area contributed by atoms with E-state index in [1.807, 2.05) is 0 Å². The molecule has 0 spiro atoms. The summed E-state index contributed by atoms with van der Waals surface area (Å²) in [6, 6.07) is 2.72. The molecule has 3 unspecified atom stereocenters. The number of nitrogens with one attached hydrogen (secondary N) is 1. The standard InChI is InChI=1S/C18H29N3O4S2/c1-14-12-20(13-15(2)25-14)9-5-8-19-18(22)16-6-3-10-21(16)27(23,24)17-7-4-11-26-17/h4,7,11,14-16H,3,5-6,8-10,12-13H2,1-2H3,(H,19,22). The van der Waals surface area contributed by atoms with Gasteiger partial charge in [0.25, 0.3) is 10.0 Å². The minimum absolute atomic E-state index is 0.184. The van der Waals surface area contributed by atoms with Crippen molar-refractivity contribution < 1.29 is 17.9 Å². The van der Waals surface area contributed by atoms with Crippen LogP contribution < -0.4 is 5.32 Å². The minimum Gasteiger partial charge on any atom is -0.373 e. The summed E-state index contributed by atoms with van der Waals surface area (Å²) in [6.45, 7) is 7.84. The normalized spacial score (nSPS) is 27.7. The van der Waals surface area contributed by atoms with Crippen molar-refractivity contribution in [2.75, 3.05) is 32.7 Å². The van der Waals surface area contributed by atoms with Crippen molar-refractivity contribution in [2.45, 2.75) is 55.6 Å². The summed E-state index contributed by atoms with van der Waals surface area (Å²) < 4.78 is 32.9. The fourth-order valence-corrected chi connectivity index (χ4v) is 6.69. The molecule has 27 heavy (non-hydrogen) atoms. The van der Waals surface area contributed by atoms with Gasteiger partial charge in [-0.2, -0.15) is 4.31 Å². The second kappa shape index (κ2) is 9.00. The van der Waals surface area contributed by atoms with Crippen molar-refractivity contribution in [3.63, 3.8) is 0 Å². The van der Waals surface area contributed by atoms with E-state index in [0.717, 1.165) is 26.1 Å². The van der Waals surface area contributed by atoms with Crippen LogP contribution in [0.15, 0.2) is 21.7 Å². The van der Waals surface area contributed by atoms with Gasteiger partial charge < -0.3 is 10.1 Å². The van der Waals surface area contributed by atoms with E-state index in [0.29, 0.717) is 30.1 Å². The number of thiophene rings is 1. The predicted molar refractivity (Wildman–Crippen MR) is 105 cm³/mol. The highest BCUT2D eigenvalue weighted by Gasteiger charge is 2.39. The SMILES string of the molecule is CC1CN(CCCNC(=O)C2CCCN2S(=O)(=O)c2cccs2)CC(C)O1. The zero-order chi connectivity index (χ0) is 19.4. The number of morpholine rings is 1. The van der Waals surface area contributed by atoms with Crippen molar-refractivity contribution in [3.05, 3.63) is 17.5 Å². The number of carbonyl (C=O) groups excluding carboxylic acids is 1. The Bertz CT molecular complexity index is 713. The van der Waals surface area contributed by atoms with Gasteiger partial charge in [0.1, 0.15) is 10.3 Å². The Hall–Kier alpha value is -1.00. The van der Waals surface area contributed by atoms with Crippen molar-refractivity contribution in [1.29, 1.82) is 0 Å². The molecule has 2 aliphatic rings. The Labute approximate surface area is 165 Å². The highest BCUT2D eigenvalue weighted by molar-refractivity contribution is 7.91. The molecule has 3 atom stereocenters. The zero-order valence-electron chi connectivity index (χ0n) is 16.0. The Morgan fingerprint density at radius 3 is 2.74 bits per heavy atom. The van der Waals surface area contributed by atoms with Gasteiger partial charge in [-0.1, -0.05) is 6.07 Å². The summed E-state index contributed by atoms with van der Waals surface area (Å²) in [4.78, 5) is 14.9. The molecule has 9 heteroatoms. The Kier molecular flexibility index (Phi) is 6.91. The van der Waals surface area contributed by atoms with Crippen LogP contribution in [0.4, 0.5) is 0 Å². The molecule has 2 saturated heterocycles. The molecule has 1 aromatic rings. The molecule has 0 saturated carbocycles. The maximum absolute atomic E-state index is 12.7. The number of sulfonamides is 1. The number of amides is 1. The van der Waals surface area contributed by atoms with E-state index in [-0.39, 0.29) is 18.1 Å². The molecule has 3 heterocycles. The lowest BCUT2D eigenvalue weighted by atomic mass is 10.2. The summed E-state index contributed by atoms with van der Waals surface area (Å²) in [6.07, 6.45) is 2.60. The summed E-state index contributed by atoms with van der Waals surface area (Å²) in [5, 5.41) is 4.68. The molecule has 2 fully saturated rings. The van der Waals surface area contributed by atoms with Gasteiger partial charge in [0.15, 0.2) is 0 Å². The van der Waals surface area contributed by atoms with Gasteiger partial charge in [-0.15, -0.1) is 11.3 Å². The number of rotatable bonds is 7. The van der Waals surface area contributed by atoms with Gasteiger partial charge in [0.2, 0.25) is 5.91 Å². The predicted octanol–water partition coefficient (Wildman–Crippen LogP) is 1.52. The van der Waals surface area contributed by atoms with E-state index in [2.05, 4.69) is 24.1 Å². The van der Waals surface area contributed by atoms with Crippen molar-refractivity contribution in [1.82, 2.24) is 14.5 Å². The van der Waals surface area contributed by atoms with Gasteiger partial charge in [0.05, 0.1) is 12.2 Å². The molecule has 0 aromatic carbocycles. The van der Waals surface area contributed by atoms with Gasteiger partial charge in [-0.05, 0) is 44.6 Å². The van der Waals surface area contributed by atoms with Gasteiger partial charge >= 0.3 is 0 Å². The molecule has 1 N–H and O–H groups in total. The minimum atomic E-state index is -3.58. The molecule has 0 radical (unpaired) electrons. The van der Waals surface area contributed by atoms with Crippen LogP contribution in [0.1, 0.15) is 33.1 Å². The molecule has 7 nitrogen and oxygen atoms in total. The summed E-state index contributed by atoms with van der Waals surface area (Å²) in [5.74, 6) is -0.184. The lowest BCUT2D eigenvalue weighted by Crippen LogP contribution is -2.47. The largest absolute Gasteiger partial charge is 0.373 e. The fourth-order valence-electron chi connectivity index (χ4n) is 3.91. The first kappa shape index (κ1) is 20.7. The monoisotopic (exact) mass is 415 g/mol. The number of carbonyl (C=O) groups is 1. The molecule has 0 aliphatic carbocycles. The van der Waals surface area contributed by atoms with Crippen LogP contribution >= 0.6 is 11.3 Å². The van der Waals surface area contributed by atoms with E-state index in [9.17, 15) is 13.2 Å². The molecule has 1 aromatic heterocycles. The number of hydrogen-bond donors (Lipinski definition) is 1. The second-order valence-electron chi connectivity index (χ2n) is 7.37. The smallest absolute Gasteiger partial charge is 0.253 e. The fraction of sp³-hybridized carbons (Fsp3) is 0.722. The third-order valence-corrected chi connectivity index (χ3v) is 8.29. The topological polar surface area (TPSA) is 79.0 Å². The van der Waals surface area contributed by atoms with Crippen molar-refractivity contribution in [2.24, 2.45) is 0 Å². The molecule has 2 aliphatic heterocycles. The van der Waals surface area contributed by atoms with Gasteiger partial charge in [-0.25, -0.2) is 8.42 Å². The number of nitrogens with zero attached hydrogens (tertiary/aromatic N) is 2.